The number of hydrogen-bond acceptors (Lipinski definition) is 2. The van der Waals surface area contributed by atoms with Gasteiger partial charge in [-0.1, -0.05) is 28.1 Å². The van der Waals surface area contributed by atoms with E-state index in [1.807, 2.05) is 22.6 Å². The zero-order valence-electron chi connectivity index (χ0n) is 9.68. The van der Waals surface area contributed by atoms with Crippen LogP contribution in [0.5, 0.6) is 0 Å². The monoisotopic (exact) mass is 301 g/mol. The molecule has 0 amide bonds. The Hall–Kier alpha value is -1.65. The van der Waals surface area contributed by atoms with Gasteiger partial charge in [0.15, 0.2) is 0 Å². The number of fused-ring (bicyclic) bond motifs is 1. The third kappa shape index (κ3) is 2.05. The maximum Gasteiger partial charge on any atom is 0.0994 e. The van der Waals surface area contributed by atoms with E-state index in [9.17, 15) is 0 Å². The Morgan fingerprint density at radius 1 is 1.17 bits per heavy atom. The zero-order valence-corrected chi connectivity index (χ0v) is 11.3. The second kappa shape index (κ2) is 4.55. The molecule has 3 rings (SSSR count). The summed E-state index contributed by atoms with van der Waals surface area (Å²) in [6.07, 6.45) is 3.88. The van der Waals surface area contributed by atoms with Crippen LogP contribution in [-0.2, 0) is 6.54 Å². The maximum atomic E-state index is 5.60. The molecule has 0 bridgehead atoms. The van der Waals surface area contributed by atoms with E-state index in [4.69, 9.17) is 5.73 Å². The van der Waals surface area contributed by atoms with E-state index >= 15 is 0 Å². The van der Waals surface area contributed by atoms with Crippen LogP contribution in [0.25, 0.3) is 16.6 Å². The van der Waals surface area contributed by atoms with Crippen molar-refractivity contribution in [2.45, 2.75) is 6.54 Å². The molecular formula is C14H12BrN3. The first-order valence-electron chi connectivity index (χ1n) is 5.69. The van der Waals surface area contributed by atoms with Crippen LogP contribution in [-0.4, -0.2) is 9.38 Å². The Kier molecular flexibility index (Phi) is 2.89. The molecule has 0 spiro atoms. The van der Waals surface area contributed by atoms with Crippen LogP contribution in [0.2, 0.25) is 0 Å². The standard InChI is InChI=1S/C14H12BrN3/c15-12-3-1-2-10(4-12)11-5-14-6-13(7-16)17-9-18(14)8-11/h1-6,8-9H,7,16H2. The van der Waals surface area contributed by atoms with Crippen LogP contribution in [0.15, 0.2) is 53.4 Å². The molecule has 0 fully saturated rings. The minimum atomic E-state index is 0.466. The molecule has 0 aliphatic carbocycles. The Balaban J connectivity index is 2.13. The number of nitrogens with zero attached hydrogens (tertiary/aromatic N) is 2. The molecule has 2 heterocycles. The van der Waals surface area contributed by atoms with Gasteiger partial charge in [0.1, 0.15) is 0 Å². The Morgan fingerprint density at radius 3 is 2.83 bits per heavy atom. The average Bonchev–Trinajstić information content (AvgIpc) is 2.81. The van der Waals surface area contributed by atoms with Gasteiger partial charge in [-0.3, -0.25) is 0 Å². The zero-order chi connectivity index (χ0) is 12.5. The van der Waals surface area contributed by atoms with E-state index in [0.717, 1.165) is 15.7 Å². The van der Waals surface area contributed by atoms with Crippen molar-refractivity contribution < 1.29 is 0 Å². The van der Waals surface area contributed by atoms with Crippen LogP contribution in [0.1, 0.15) is 5.69 Å². The second-order valence-electron chi connectivity index (χ2n) is 4.16. The van der Waals surface area contributed by atoms with Crippen molar-refractivity contribution in [3.8, 4) is 11.1 Å². The predicted octanol–water partition coefficient (Wildman–Crippen LogP) is 3.22. The molecule has 2 N–H and O–H groups in total. The van der Waals surface area contributed by atoms with Gasteiger partial charge in [0.05, 0.1) is 12.0 Å². The normalized spacial score (nSPS) is 11.0. The molecule has 2 aromatic heterocycles. The highest BCUT2D eigenvalue weighted by atomic mass is 79.9. The van der Waals surface area contributed by atoms with Gasteiger partial charge in [-0.15, -0.1) is 0 Å². The van der Waals surface area contributed by atoms with Crippen LogP contribution >= 0.6 is 15.9 Å². The largest absolute Gasteiger partial charge is 0.325 e. The number of aromatic nitrogens is 2. The highest BCUT2D eigenvalue weighted by molar-refractivity contribution is 9.10. The summed E-state index contributed by atoms with van der Waals surface area (Å²) in [7, 11) is 0. The van der Waals surface area contributed by atoms with Gasteiger partial charge in [0.25, 0.3) is 0 Å². The van der Waals surface area contributed by atoms with Crippen molar-refractivity contribution in [1.29, 1.82) is 0 Å². The van der Waals surface area contributed by atoms with Crippen LogP contribution in [0, 0.1) is 0 Å². The fourth-order valence-electron chi connectivity index (χ4n) is 1.99. The number of nitrogens with two attached hydrogens (primary N) is 1. The first-order valence-corrected chi connectivity index (χ1v) is 6.48. The van der Waals surface area contributed by atoms with Gasteiger partial charge in [-0.25, -0.2) is 4.98 Å². The highest BCUT2D eigenvalue weighted by Crippen LogP contribution is 2.25. The third-order valence-corrected chi connectivity index (χ3v) is 3.40. The summed E-state index contributed by atoms with van der Waals surface area (Å²) < 4.78 is 3.09. The molecule has 0 atom stereocenters. The molecule has 3 aromatic rings. The van der Waals surface area contributed by atoms with Gasteiger partial charge >= 0.3 is 0 Å². The van der Waals surface area contributed by atoms with Gasteiger partial charge in [-0.2, -0.15) is 0 Å². The van der Waals surface area contributed by atoms with Crippen molar-refractivity contribution >= 4 is 21.4 Å². The lowest BCUT2D eigenvalue weighted by Gasteiger charge is -1.97. The van der Waals surface area contributed by atoms with Gasteiger partial charge in [0, 0.05) is 28.3 Å². The third-order valence-electron chi connectivity index (χ3n) is 2.91. The summed E-state index contributed by atoms with van der Waals surface area (Å²) in [4.78, 5) is 4.28. The SMILES string of the molecule is NCc1cc2cc(-c3cccc(Br)c3)cn2cn1. The lowest BCUT2D eigenvalue weighted by Crippen LogP contribution is -2.00. The van der Waals surface area contributed by atoms with E-state index < -0.39 is 0 Å². The van der Waals surface area contributed by atoms with E-state index in [1.165, 1.54) is 11.1 Å². The first kappa shape index (κ1) is 11.4. The minimum absolute atomic E-state index is 0.466. The first-order chi connectivity index (χ1) is 8.76. The summed E-state index contributed by atoms with van der Waals surface area (Å²) in [5.74, 6) is 0. The molecule has 0 saturated heterocycles. The van der Waals surface area contributed by atoms with Crippen LogP contribution < -0.4 is 5.73 Å². The van der Waals surface area contributed by atoms with E-state index in [0.29, 0.717) is 6.54 Å². The summed E-state index contributed by atoms with van der Waals surface area (Å²) in [6.45, 7) is 0.466. The molecule has 0 aliphatic rings. The molecule has 1 aromatic carbocycles. The Labute approximate surface area is 113 Å². The lowest BCUT2D eigenvalue weighted by molar-refractivity contribution is 0.953. The number of benzene rings is 1. The van der Waals surface area contributed by atoms with E-state index in [2.05, 4.69) is 45.3 Å². The smallest absolute Gasteiger partial charge is 0.0994 e. The summed E-state index contributed by atoms with van der Waals surface area (Å²) in [5, 5.41) is 0. The second-order valence-corrected chi connectivity index (χ2v) is 5.07. The molecule has 3 nitrogen and oxygen atoms in total. The predicted molar refractivity (Wildman–Crippen MR) is 76.2 cm³/mol. The fraction of sp³-hybridized carbons (Fsp3) is 0.0714. The maximum absolute atomic E-state index is 5.60. The lowest BCUT2D eigenvalue weighted by atomic mass is 10.1. The molecule has 0 aliphatic heterocycles. The molecule has 90 valence electrons. The van der Waals surface area contributed by atoms with Crippen LogP contribution in [0.3, 0.4) is 0 Å². The molecule has 18 heavy (non-hydrogen) atoms. The van der Waals surface area contributed by atoms with Crippen molar-refractivity contribution in [2.24, 2.45) is 5.73 Å². The Bertz CT molecular complexity index is 703. The van der Waals surface area contributed by atoms with E-state index in [-0.39, 0.29) is 0 Å². The summed E-state index contributed by atoms with van der Waals surface area (Å²) in [6, 6.07) is 12.4. The summed E-state index contributed by atoms with van der Waals surface area (Å²) in [5.41, 5.74) is 9.97. The fourth-order valence-corrected chi connectivity index (χ4v) is 2.39. The van der Waals surface area contributed by atoms with Gasteiger partial charge in [-0.05, 0) is 29.8 Å². The topological polar surface area (TPSA) is 43.3 Å². The van der Waals surface area contributed by atoms with Gasteiger partial charge < -0.3 is 10.1 Å². The molecule has 0 saturated carbocycles. The quantitative estimate of drug-likeness (QED) is 0.790. The molecule has 4 heteroatoms. The number of rotatable bonds is 2. The molecule has 0 radical (unpaired) electrons. The minimum Gasteiger partial charge on any atom is -0.325 e. The van der Waals surface area contributed by atoms with Crippen molar-refractivity contribution in [3.63, 3.8) is 0 Å². The average molecular weight is 302 g/mol. The van der Waals surface area contributed by atoms with Gasteiger partial charge in [0.2, 0.25) is 0 Å². The molecular weight excluding hydrogens is 290 g/mol. The highest BCUT2D eigenvalue weighted by Gasteiger charge is 2.04. The van der Waals surface area contributed by atoms with E-state index in [1.54, 1.807) is 6.33 Å². The van der Waals surface area contributed by atoms with Crippen molar-refractivity contribution in [1.82, 2.24) is 9.38 Å². The number of halogens is 1. The number of hydrogen-bond donors (Lipinski definition) is 1. The van der Waals surface area contributed by atoms with Crippen molar-refractivity contribution in [2.75, 3.05) is 0 Å². The Morgan fingerprint density at radius 2 is 2.06 bits per heavy atom. The van der Waals surface area contributed by atoms with Crippen molar-refractivity contribution in [3.05, 3.63) is 59.1 Å². The van der Waals surface area contributed by atoms with Crippen LogP contribution in [0.4, 0.5) is 0 Å². The molecule has 0 unspecified atom stereocenters. The summed E-state index contributed by atoms with van der Waals surface area (Å²) >= 11 is 3.49.